The summed E-state index contributed by atoms with van der Waals surface area (Å²) >= 11 is 3.97. The van der Waals surface area contributed by atoms with E-state index in [1.54, 1.807) is 18.2 Å². The fourth-order valence-corrected chi connectivity index (χ4v) is 0.819. The molecule has 0 aromatic rings. The van der Waals surface area contributed by atoms with Crippen LogP contribution >= 0.6 is 12.6 Å². The van der Waals surface area contributed by atoms with Crippen LogP contribution in [0, 0.1) is 0 Å². The second kappa shape index (κ2) is 6.54. The van der Waals surface area contributed by atoms with Crippen molar-refractivity contribution < 1.29 is 4.39 Å². The summed E-state index contributed by atoms with van der Waals surface area (Å²) in [6, 6.07) is 0. The smallest absolute Gasteiger partial charge is 0.114 e. The molecular formula is C10H14FNS. The molecule has 0 rings (SSSR count). The van der Waals surface area contributed by atoms with Crippen LogP contribution in [-0.2, 0) is 0 Å². The van der Waals surface area contributed by atoms with Crippen LogP contribution in [0.15, 0.2) is 47.7 Å². The van der Waals surface area contributed by atoms with E-state index >= 15 is 0 Å². The van der Waals surface area contributed by atoms with Crippen molar-refractivity contribution in [2.24, 2.45) is 0 Å². The quantitative estimate of drug-likeness (QED) is 0.512. The fraction of sp³-hybridized carbons (Fsp3) is 0.200. The highest BCUT2D eigenvalue weighted by Crippen LogP contribution is 1.98. The summed E-state index contributed by atoms with van der Waals surface area (Å²) in [5, 5.41) is 3.47. The molecule has 0 fully saturated rings. The van der Waals surface area contributed by atoms with E-state index in [0.29, 0.717) is 10.6 Å². The standard InChI is InChI=1S/C10H14FNS/c1-8(7-11)5-4-6-9(2)12-10(3)13/h4-6,12-13H,1,3,7H2,2H3/b5-4-,9-6+. The Bertz CT molecular complexity index is 254. The van der Waals surface area contributed by atoms with Gasteiger partial charge in [0.2, 0.25) is 0 Å². The van der Waals surface area contributed by atoms with E-state index in [9.17, 15) is 4.39 Å². The molecule has 13 heavy (non-hydrogen) atoms. The number of nitrogens with one attached hydrogen (secondary N) is 1. The van der Waals surface area contributed by atoms with Gasteiger partial charge in [0.15, 0.2) is 0 Å². The fourth-order valence-electron chi connectivity index (χ4n) is 0.642. The molecule has 0 bridgehead atoms. The third-order valence-corrected chi connectivity index (χ3v) is 1.30. The Morgan fingerprint density at radius 1 is 1.54 bits per heavy atom. The lowest BCUT2D eigenvalue weighted by molar-refractivity contribution is 0.550. The Labute approximate surface area is 84.1 Å². The van der Waals surface area contributed by atoms with Gasteiger partial charge in [0, 0.05) is 5.70 Å². The average molecular weight is 199 g/mol. The SMILES string of the molecule is C=C(/C=C\C=C(/C)NC(=C)S)CF. The Morgan fingerprint density at radius 2 is 2.15 bits per heavy atom. The molecule has 0 radical (unpaired) electrons. The molecule has 0 heterocycles. The summed E-state index contributed by atoms with van der Waals surface area (Å²) in [7, 11) is 0. The van der Waals surface area contributed by atoms with Gasteiger partial charge in [-0.2, -0.15) is 0 Å². The molecule has 0 aliphatic carbocycles. The molecular weight excluding hydrogens is 185 g/mol. The van der Waals surface area contributed by atoms with E-state index in [-0.39, 0.29) is 0 Å². The minimum absolute atomic E-state index is 0.453. The van der Waals surface area contributed by atoms with Crippen molar-refractivity contribution in [1.29, 1.82) is 0 Å². The lowest BCUT2D eigenvalue weighted by Crippen LogP contribution is -2.04. The minimum atomic E-state index is -0.518. The summed E-state index contributed by atoms with van der Waals surface area (Å²) in [6.07, 6.45) is 5.13. The maximum atomic E-state index is 11.9. The molecule has 0 atom stereocenters. The molecule has 0 saturated carbocycles. The van der Waals surface area contributed by atoms with E-state index in [1.807, 2.05) is 6.92 Å². The molecule has 0 amide bonds. The monoisotopic (exact) mass is 199 g/mol. The summed E-state index contributed by atoms with van der Waals surface area (Å²) in [4.78, 5) is 0. The van der Waals surface area contributed by atoms with E-state index in [0.717, 1.165) is 5.70 Å². The normalized spacial score (nSPS) is 11.8. The molecule has 0 saturated heterocycles. The zero-order valence-electron chi connectivity index (χ0n) is 7.68. The number of halogens is 1. The number of hydrogen-bond donors (Lipinski definition) is 2. The third-order valence-electron chi connectivity index (χ3n) is 1.19. The third kappa shape index (κ3) is 7.40. The molecule has 0 aliphatic heterocycles. The zero-order chi connectivity index (χ0) is 10.3. The maximum absolute atomic E-state index is 11.9. The van der Waals surface area contributed by atoms with Crippen molar-refractivity contribution in [3.8, 4) is 0 Å². The first kappa shape index (κ1) is 12.0. The molecule has 0 spiro atoms. The van der Waals surface area contributed by atoms with E-state index in [1.165, 1.54) is 0 Å². The predicted molar refractivity (Wildman–Crippen MR) is 59.3 cm³/mol. The first-order valence-electron chi connectivity index (χ1n) is 3.80. The van der Waals surface area contributed by atoms with Crippen LogP contribution in [0.4, 0.5) is 4.39 Å². The van der Waals surface area contributed by atoms with E-state index < -0.39 is 6.67 Å². The minimum Gasteiger partial charge on any atom is -0.355 e. The number of rotatable bonds is 5. The highest BCUT2D eigenvalue weighted by atomic mass is 32.1. The van der Waals surface area contributed by atoms with Crippen LogP contribution < -0.4 is 5.32 Å². The molecule has 0 unspecified atom stereocenters. The highest BCUT2D eigenvalue weighted by molar-refractivity contribution is 7.84. The summed E-state index contributed by atoms with van der Waals surface area (Å²) in [5.74, 6) is 0. The van der Waals surface area contributed by atoms with Gasteiger partial charge >= 0.3 is 0 Å². The van der Waals surface area contributed by atoms with Gasteiger partial charge < -0.3 is 5.32 Å². The molecule has 72 valence electrons. The molecule has 1 N–H and O–H groups in total. The largest absolute Gasteiger partial charge is 0.355 e. The predicted octanol–water partition coefficient (Wildman–Crippen LogP) is 2.96. The molecule has 0 aromatic carbocycles. The molecule has 0 aromatic heterocycles. The second-order valence-corrected chi connectivity index (χ2v) is 3.11. The van der Waals surface area contributed by atoms with Crippen molar-refractivity contribution in [3.05, 3.63) is 47.7 Å². The lowest BCUT2D eigenvalue weighted by Gasteiger charge is -2.01. The van der Waals surface area contributed by atoms with Gasteiger partial charge in [-0.3, -0.25) is 0 Å². The Morgan fingerprint density at radius 3 is 2.62 bits per heavy atom. The van der Waals surface area contributed by atoms with Crippen LogP contribution in [0.1, 0.15) is 6.92 Å². The van der Waals surface area contributed by atoms with Gasteiger partial charge in [-0.25, -0.2) is 4.39 Å². The van der Waals surface area contributed by atoms with Gasteiger partial charge in [0.25, 0.3) is 0 Å². The van der Waals surface area contributed by atoms with Gasteiger partial charge in [0.05, 0.1) is 5.03 Å². The average Bonchev–Trinajstić information content (AvgIpc) is 2.02. The molecule has 1 nitrogen and oxygen atoms in total. The Kier molecular flexibility index (Phi) is 6.06. The maximum Gasteiger partial charge on any atom is 0.114 e. The van der Waals surface area contributed by atoms with Crippen LogP contribution in [0.5, 0.6) is 0 Å². The Balaban J connectivity index is 4.03. The number of hydrogen-bond acceptors (Lipinski definition) is 2. The van der Waals surface area contributed by atoms with Crippen LogP contribution in [-0.4, -0.2) is 6.67 Å². The lowest BCUT2D eigenvalue weighted by atomic mass is 10.3. The van der Waals surface area contributed by atoms with Gasteiger partial charge in [-0.15, -0.1) is 12.6 Å². The number of alkyl halides is 1. The van der Waals surface area contributed by atoms with E-state index in [4.69, 9.17) is 0 Å². The van der Waals surface area contributed by atoms with E-state index in [2.05, 4.69) is 31.1 Å². The first-order chi connectivity index (χ1) is 6.06. The van der Waals surface area contributed by atoms with Gasteiger partial charge in [-0.1, -0.05) is 25.3 Å². The summed E-state index contributed by atoms with van der Waals surface area (Å²) in [5.41, 5.74) is 1.34. The van der Waals surface area contributed by atoms with Gasteiger partial charge in [0.1, 0.15) is 6.67 Å². The van der Waals surface area contributed by atoms with Crippen molar-refractivity contribution in [3.63, 3.8) is 0 Å². The summed E-state index contributed by atoms with van der Waals surface area (Å²) in [6.45, 7) is 8.40. The topological polar surface area (TPSA) is 12.0 Å². The van der Waals surface area contributed by atoms with Crippen molar-refractivity contribution in [1.82, 2.24) is 5.32 Å². The molecule has 0 aliphatic rings. The Hall–Kier alpha value is -0.960. The van der Waals surface area contributed by atoms with Crippen molar-refractivity contribution >= 4 is 12.6 Å². The van der Waals surface area contributed by atoms with Crippen LogP contribution in [0.2, 0.25) is 0 Å². The second-order valence-electron chi connectivity index (χ2n) is 2.57. The van der Waals surface area contributed by atoms with Crippen molar-refractivity contribution in [2.75, 3.05) is 6.67 Å². The van der Waals surface area contributed by atoms with Crippen LogP contribution in [0.3, 0.4) is 0 Å². The first-order valence-corrected chi connectivity index (χ1v) is 4.24. The molecule has 3 heteroatoms. The number of allylic oxidation sites excluding steroid dienone is 5. The van der Waals surface area contributed by atoms with Crippen molar-refractivity contribution in [2.45, 2.75) is 6.92 Å². The summed E-state index contributed by atoms with van der Waals surface area (Å²) < 4.78 is 11.9. The zero-order valence-corrected chi connectivity index (χ0v) is 8.57. The van der Waals surface area contributed by atoms with Gasteiger partial charge in [-0.05, 0) is 18.6 Å². The highest BCUT2D eigenvalue weighted by Gasteiger charge is 1.86. The number of thiol groups is 1. The van der Waals surface area contributed by atoms with Crippen LogP contribution in [0.25, 0.3) is 0 Å².